The number of hydrogen-bond acceptors (Lipinski definition) is 4. The third-order valence-electron chi connectivity index (χ3n) is 6.35. The van der Waals surface area contributed by atoms with Gasteiger partial charge in [0.2, 0.25) is 17.7 Å². The number of halogens is 1. The van der Waals surface area contributed by atoms with Crippen molar-refractivity contribution in [2.45, 2.75) is 26.2 Å². The van der Waals surface area contributed by atoms with Gasteiger partial charge in [-0.05, 0) is 50.1 Å². The summed E-state index contributed by atoms with van der Waals surface area (Å²) in [6, 6.07) is 14.5. The van der Waals surface area contributed by atoms with E-state index < -0.39 is 0 Å². The first-order valence-electron chi connectivity index (χ1n) is 11.0. The maximum atomic E-state index is 13.0. The Labute approximate surface area is 197 Å². The van der Waals surface area contributed by atoms with Crippen LogP contribution in [0.4, 0.5) is 11.4 Å². The first kappa shape index (κ1) is 22.8. The molecule has 2 saturated heterocycles. The molecule has 1 N–H and O–H groups in total. The summed E-state index contributed by atoms with van der Waals surface area (Å²) in [5, 5.41) is 12.1. The second-order valence-corrected chi connectivity index (χ2v) is 9.04. The fourth-order valence-electron chi connectivity index (χ4n) is 4.40. The molecule has 7 nitrogen and oxygen atoms in total. The molecule has 0 aliphatic carbocycles. The minimum absolute atomic E-state index is 0.0179. The van der Waals surface area contributed by atoms with Crippen LogP contribution in [-0.4, -0.2) is 42.3 Å². The summed E-state index contributed by atoms with van der Waals surface area (Å²) in [5.74, 6) is -0.740. The van der Waals surface area contributed by atoms with E-state index in [4.69, 9.17) is 16.9 Å². The molecule has 33 heavy (non-hydrogen) atoms. The first-order valence-corrected chi connectivity index (χ1v) is 11.4. The van der Waals surface area contributed by atoms with E-state index in [1.54, 1.807) is 28.0 Å². The van der Waals surface area contributed by atoms with Crippen LogP contribution in [-0.2, 0) is 14.4 Å². The number of likely N-dealkylation sites (tertiary alicyclic amines) is 1. The molecule has 0 aromatic heterocycles. The van der Waals surface area contributed by atoms with Crippen LogP contribution in [0.1, 0.15) is 30.4 Å². The number of aryl methyl sites for hydroxylation is 1. The van der Waals surface area contributed by atoms with Crippen molar-refractivity contribution in [3.05, 3.63) is 58.6 Å². The Morgan fingerprint density at radius 1 is 1.09 bits per heavy atom. The summed E-state index contributed by atoms with van der Waals surface area (Å²) in [4.78, 5) is 41.7. The predicted molar refractivity (Wildman–Crippen MR) is 126 cm³/mol. The van der Waals surface area contributed by atoms with Gasteiger partial charge in [0.25, 0.3) is 0 Å². The quantitative estimate of drug-likeness (QED) is 0.745. The molecule has 1 unspecified atom stereocenters. The molecular formula is C25H25ClN4O3. The molecule has 1 atom stereocenters. The van der Waals surface area contributed by atoms with Crippen molar-refractivity contribution in [3.63, 3.8) is 0 Å². The topological polar surface area (TPSA) is 93.5 Å². The number of carbonyl (C=O) groups excluding carboxylic acids is 3. The van der Waals surface area contributed by atoms with E-state index >= 15 is 0 Å². The van der Waals surface area contributed by atoms with Gasteiger partial charge in [-0.15, -0.1) is 0 Å². The van der Waals surface area contributed by atoms with Gasteiger partial charge in [0.1, 0.15) is 6.07 Å². The van der Waals surface area contributed by atoms with Crippen molar-refractivity contribution in [2.75, 3.05) is 29.9 Å². The number of carbonyl (C=O) groups is 3. The van der Waals surface area contributed by atoms with Crippen molar-refractivity contribution in [1.82, 2.24) is 4.90 Å². The van der Waals surface area contributed by atoms with E-state index in [9.17, 15) is 14.4 Å². The molecule has 2 aliphatic heterocycles. The highest BCUT2D eigenvalue weighted by Gasteiger charge is 2.38. The average molecular weight is 465 g/mol. The highest BCUT2D eigenvalue weighted by molar-refractivity contribution is 6.32. The summed E-state index contributed by atoms with van der Waals surface area (Å²) in [7, 11) is 0. The number of hydrogen-bond donors (Lipinski definition) is 1. The zero-order valence-corrected chi connectivity index (χ0v) is 19.1. The zero-order valence-electron chi connectivity index (χ0n) is 18.4. The van der Waals surface area contributed by atoms with Crippen LogP contribution in [0.25, 0.3) is 0 Å². The Hall–Kier alpha value is -3.37. The summed E-state index contributed by atoms with van der Waals surface area (Å²) in [5.41, 5.74) is 2.84. The van der Waals surface area contributed by atoms with Crippen molar-refractivity contribution in [3.8, 4) is 6.07 Å². The van der Waals surface area contributed by atoms with Crippen LogP contribution in [0.2, 0.25) is 5.02 Å². The van der Waals surface area contributed by atoms with E-state index in [0.29, 0.717) is 48.7 Å². The SMILES string of the molecule is Cc1ccc(N2CC(C(=O)N3CCC(C(=O)Nc4ccc(C#N)c(Cl)c4)CC3)CC2=O)cc1. The minimum Gasteiger partial charge on any atom is -0.342 e. The standard InChI is InChI=1S/C25H25ClN4O3/c1-16-2-6-21(7-3-16)30-15-19(12-23(30)31)25(33)29-10-8-17(9-11-29)24(32)28-20-5-4-18(14-27)22(26)13-20/h2-7,13,17,19H,8-12,15H2,1H3,(H,28,32). The molecule has 2 aliphatic rings. The Bertz CT molecular complexity index is 1120. The van der Waals surface area contributed by atoms with Crippen molar-refractivity contribution in [2.24, 2.45) is 11.8 Å². The van der Waals surface area contributed by atoms with Gasteiger partial charge < -0.3 is 15.1 Å². The number of piperidine rings is 1. The monoisotopic (exact) mass is 464 g/mol. The summed E-state index contributed by atoms with van der Waals surface area (Å²) in [6.45, 7) is 3.35. The van der Waals surface area contributed by atoms with E-state index in [0.717, 1.165) is 11.3 Å². The molecule has 8 heteroatoms. The number of benzene rings is 2. The first-order chi connectivity index (χ1) is 15.9. The number of rotatable bonds is 4. The molecule has 0 radical (unpaired) electrons. The van der Waals surface area contributed by atoms with Gasteiger partial charge in [0.15, 0.2) is 0 Å². The Morgan fingerprint density at radius 2 is 1.79 bits per heavy atom. The Balaban J connectivity index is 1.30. The number of amides is 3. The van der Waals surface area contributed by atoms with Crippen molar-refractivity contribution >= 4 is 40.7 Å². The van der Waals surface area contributed by atoms with Gasteiger partial charge in [0, 0.05) is 43.3 Å². The summed E-state index contributed by atoms with van der Waals surface area (Å²) < 4.78 is 0. The van der Waals surface area contributed by atoms with Gasteiger partial charge >= 0.3 is 0 Å². The third-order valence-corrected chi connectivity index (χ3v) is 6.67. The molecule has 4 rings (SSSR count). The molecular weight excluding hydrogens is 440 g/mol. The lowest BCUT2D eigenvalue weighted by atomic mass is 9.94. The van der Waals surface area contributed by atoms with Gasteiger partial charge in [-0.2, -0.15) is 5.26 Å². The molecule has 2 heterocycles. The molecule has 170 valence electrons. The van der Waals surface area contributed by atoms with E-state index in [1.807, 2.05) is 37.3 Å². The molecule has 2 fully saturated rings. The third kappa shape index (κ3) is 5.01. The van der Waals surface area contributed by atoms with Crippen LogP contribution >= 0.6 is 11.6 Å². The largest absolute Gasteiger partial charge is 0.342 e. The van der Waals surface area contributed by atoms with Gasteiger partial charge in [0.05, 0.1) is 16.5 Å². The van der Waals surface area contributed by atoms with E-state index in [2.05, 4.69) is 5.32 Å². The number of nitrogens with zero attached hydrogens (tertiary/aromatic N) is 3. The van der Waals surface area contributed by atoms with E-state index in [1.165, 1.54) is 0 Å². The molecule has 3 amide bonds. The number of nitrogens with one attached hydrogen (secondary N) is 1. The molecule has 0 bridgehead atoms. The number of anilines is 2. The van der Waals surface area contributed by atoms with Crippen LogP contribution in [0.3, 0.4) is 0 Å². The summed E-state index contributed by atoms with van der Waals surface area (Å²) in [6.07, 6.45) is 1.33. The van der Waals surface area contributed by atoms with E-state index in [-0.39, 0.29) is 36.0 Å². The molecule has 2 aromatic rings. The van der Waals surface area contributed by atoms with Crippen molar-refractivity contribution < 1.29 is 14.4 Å². The maximum Gasteiger partial charge on any atom is 0.228 e. The van der Waals surface area contributed by atoms with Crippen LogP contribution in [0.15, 0.2) is 42.5 Å². The highest BCUT2D eigenvalue weighted by Crippen LogP contribution is 2.29. The normalized spacial score (nSPS) is 18.8. The fraction of sp³-hybridized carbons (Fsp3) is 0.360. The second-order valence-electron chi connectivity index (χ2n) is 8.64. The number of nitriles is 1. The van der Waals surface area contributed by atoms with Gasteiger partial charge in [-0.25, -0.2) is 0 Å². The average Bonchev–Trinajstić information content (AvgIpc) is 3.21. The lowest BCUT2D eigenvalue weighted by molar-refractivity contribution is -0.138. The smallest absolute Gasteiger partial charge is 0.228 e. The predicted octanol–water partition coefficient (Wildman–Crippen LogP) is 3.75. The van der Waals surface area contributed by atoms with Crippen LogP contribution < -0.4 is 10.2 Å². The van der Waals surface area contributed by atoms with Crippen molar-refractivity contribution in [1.29, 1.82) is 5.26 Å². The Morgan fingerprint density at radius 3 is 2.42 bits per heavy atom. The summed E-state index contributed by atoms with van der Waals surface area (Å²) >= 11 is 6.04. The highest BCUT2D eigenvalue weighted by atomic mass is 35.5. The van der Waals surface area contributed by atoms with Crippen LogP contribution in [0.5, 0.6) is 0 Å². The van der Waals surface area contributed by atoms with Gasteiger partial charge in [-0.3, -0.25) is 14.4 Å². The molecule has 0 spiro atoms. The second kappa shape index (κ2) is 9.63. The fourth-order valence-corrected chi connectivity index (χ4v) is 4.62. The lowest BCUT2D eigenvalue weighted by Crippen LogP contribution is -2.44. The minimum atomic E-state index is -0.357. The van der Waals surface area contributed by atoms with Gasteiger partial charge in [-0.1, -0.05) is 29.3 Å². The molecule has 0 saturated carbocycles. The Kier molecular flexibility index (Phi) is 6.66. The lowest BCUT2D eigenvalue weighted by Gasteiger charge is -2.33. The maximum absolute atomic E-state index is 13.0. The zero-order chi connectivity index (χ0) is 23.5. The molecule has 2 aromatic carbocycles. The van der Waals surface area contributed by atoms with Crippen LogP contribution in [0, 0.1) is 30.1 Å².